The molecular formula is C20H21N3O3S2. The van der Waals surface area contributed by atoms with Gasteiger partial charge in [-0.3, -0.25) is 19.3 Å². The monoisotopic (exact) mass is 415 g/mol. The molecule has 1 N–H and O–H groups in total. The predicted octanol–water partition coefficient (Wildman–Crippen LogP) is 3.14. The van der Waals surface area contributed by atoms with Crippen LogP contribution >= 0.6 is 22.7 Å². The highest BCUT2D eigenvalue weighted by Crippen LogP contribution is 2.35. The summed E-state index contributed by atoms with van der Waals surface area (Å²) in [5, 5.41) is 5.93. The molecule has 1 aliphatic heterocycles. The van der Waals surface area contributed by atoms with Crippen molar-refractivity contribution in [3.8, 4) is 10.6 Å². The van der Waals surface area contributed by atoms with Crippen LogP contribution in [0.3, 0.4) is 0 Å². The molecule has 2 aromatic rings. The van der Waals surface area contributed by atoms with Crippen molar-refractivity contribution in [2.75, 3.05) is 6.54 Å². The number of carbonyl (C=O) groups is 3. The predicted molar refractivity (Wildman–Crippen MR) is 109 cm³/mol. The zero-order valence-corrected chi connectivity index (χ0v) is 17.1. The highest BCUT2D eigenvalue weighted by atomic mass is 32.1. The second-order valence-corrected chi connectivity index (χ2v) is 9.26. The summed E-state index contributed by atoms with van der Waals surface area (Å²) in [4.78, 5) is 44.9. The van der Waals surface area contributed by atoms with Crippen LogP contribution in [0.5, 0.6) is 0 Å². The van der Waals surface area contributed by atoms with Gasteiger partial charge in [0, 0.05) is 23.2 Å². The SMILES string of the molecule is Cc1nc(-c2ccc(CNC(=O)CCN3C(=O)[C@H]4CC=CC[C@@H]4C3=O)s2)cs1. The molecule has 4 rings (SSSR count). The first-order valence-corrected chi connectivity index (χ1v) is 11.0. The molecule has 8 heteroatoms. The van der Waals surface area contributed by atoms with Crippen LogP contribution in [0, 0.1) is 18.8 Å². The lowest BCUT2D eigenvalue weighted by molar-refractivity contribution is -0.140. The summed E-state index contributed by atoms with van der Waals surface area (Å²) in [6.07, 6.45) is 5.30. The number of amides is 3. The summed E-state index contributed by atoms with van der Waals surface area (Å²) in [6, 6.07) is 4.00. The van der Waals surface area contributed by atoms with Crippen molar-refractivity contribution in [3.05, 3.63) is 39.5 Å². The lowest BCUT2D eigenvalue weighted by Crippen LogP contribution is -2.35. The number of thiophene rings is 1. The molecule has 1 aliphatic carbocycles. The van der Waals surface area contributed by atoms with Crippen LogP contribution in [0.2, 0.25) is 0 Å². The van der Waals surface area contributed by atoms with Gasteiger partial charge in [-0.2, -0.15) is 0 Å². The Hall–Kier alpha value is -2.32. The molecule has 2 aliphatic rings. The van der Waals surface area contributed by atoms with Gasteiger partial charge in [0.1, 0.15) is 0 Å². The van der Waals surface area contributed by atoms with E-state index in [2.05, 4.69) is 10.3 Å². The molecule has 2 atom stereocenters. The zero-order chi connectivity index (χ0) is 19.7. The molecule has 0 unspecified atom stereocenters. The van der Waals surface area contributed by atoms with Gasteiger partial charge in [0.15, 0.2) is 0 Å². The zero-order valence-electron chi connectivity index (χ0n) is 15.5. The van der Waals surface area contributed by atoms with Crippen LogP contribution in [0.25, 0.3) is 10.6 Å². The van der Waals surface area contributed by atoms with Crippen LogP contribution in [0.1, 0.15) is 29.1 Å². The Labute approximate surface area is 171 Å². The number of carbonyl (C=O) groups excluding carboxylic acids is 3. The smallest absolute Gasteiger partial charge is 0.233 e. The number of fused-ring (bicyclic) bond motifs is 1. The van der Waals surface area contributed by atoms with Crippen molar-refractivity contribution < 1.29 is 14.4 Å². The molecule has 3 heterocycles. The number of allylic oxidation sites excluding steroid dienone is 2. The fourth-order valence-corrected chi connectivity index (χ4v) is 5.26. The maximum Gasteiger partial charge on any atom is 0.233 e. The number of imide groups is 1. The third-order valence-electron chi connectivity index (χ3n) is 5.15. The molecule has 0 saturated carbocycles. The van der Waals surface area contributed by atoms with Gasteiger partial charge in [-0.1, -0.05) is 12.2 Å². The lowest BCUT2D eigenvalue weighted by Gasteiger charge is -2.14. The fourth-order valence-electron chi connectivity index (χ4n) is 3.66. The van der Waals surface area contributed by atoms with E-state index in [-0.39, 0.29) is 42.5 Å². The molecule has 2 aromatic heterocycles. The summed E-state index contributed by atoms with van der Waals surface area (Å²) in [5.74, 6) is -0.894. The van der Waals surface area contributed by atoms with E-state index in [4.69, 9.17) is 0 Å². The molecule has 0 aromatic carbocycles. The number of likely N-dealkylation sites (tertiary alicyclic amines) is 1. The summed E-state index contributed by atoms with van der Waals surface area (Å²) in [6.45, 7) is 2.57. The van der Waals surface area contributed by atoms with E-state index in [1.165, 1.54) is 4.90 Å². The van der Waals surface area contributed by atoms with Crippen LogP contribution in [0.4, 0.5) is 0 Å². The Bertz CT molecular complexity index is 920. The Kier molecular flexibility index (Phi) is 5.41. The van der Waals surface area contributed by atoms with Gasteiger partial charge in [0.05, 0.1) is 34.0 Å². The van der Waals surface area contributed by atoms with Crippen molar-refractivity contribution in [1.29, 1.82) is 0 Å². The van der Waals surface area contributed by atoms with Gasteiger partial charge in [-0.15, -0.1) is 22.7 Å². The molecule has 0 spiro atoms. The number of nitrogens with zero attached hydrogens (tertiary/aromatic N) is 2. The second-order valence-electron chi connectivity index (χ2n) is 7.03. The molecule has 0 radical (unpaired) electrons. The normalized spacial score (nSPS) is 21.2. The van der Waals surface area contributed by atoms with Crippen molar-refractivity contribution >= 4 is 40.4 Å². The van der Waals surface area contributed by atoms with Gasteiger partial charge in [0.25, 0.3) is 0 Å². The van der Waals surface area contributed by atoms with Crippen LogP contribution < -0.4 is 5.32 Å². The van der Waals surface area contributed by atoms with Crippen LogP contribution in [0.15, 0.2) is 29.7 Å². The van der Waals surface area contributed by atoms with Gasteiger partial charge < -0.3 is 5.32 Å². The third kappa shape index (κ3) is 3.79. The summed E-state index contributed by atoms with van der Waals surface area (Å²) < 4.78 is 0. The Morgan fingerprint density at radius 1 is 1.21 bits per heavy atom. The van der Waals surface area contributed by atoms with Crippen molar-refractivity contribution in [2.45, 2.75) is 32.7 Å². The number of hydrogen-bond acceptors (Lipinski definition) is 6. The molecule has 3 amide bonds. The van der Waals surface area contributed by atoms with Crippen molar-refractivity contribution in [3.63, 3.8) is 0 Å². The number of nitrogens with one attached hydrogen (secondary N) is 1. The molecule has 28 heavy (non-hydrogen) atoms. The largest absolute Gasteiger partial charge is 0.351 e. The van der Waals surface area contributed by atoms with E-state index in [0.717, 1.165) is 20.5 Å². The van der Waals surface area contributed by atoms with Gasteiger partial charge in [-0.25, -0.2) is 4.98 Å². The Morgan fingerprint density at radius 2 is 1.93 bits per heavy atom. The van der Waals surface area contributed by atoms with E-state index in [9.17, 15) is 14.4 Å². The average Bonchev–Trinajstić information content (AvgIpc) is 3.39. The third-order valence-corrected chi connectivity index (χ3v) is 7.04. The first-order valence-electron chi connectivity index (χ1n) is 9.31. The van der Waals surface area contributed by atoms with Gasteiger partial charge in [-0.05, 0) is 31.9 Å². The second kappa shape index (κ2) is 7.97. The first-order chi connectivity index (χ1) is 13.5. The molecule has 6 nitrogen and oxygen atoms in total. The molecule has 146 valence electrons. The fraction of sp³-hybridized carbons (Fsp3) is 0.400. The topological polar surface area (TPSA) is 79.4 Å². The standard InChI is InChI=1S/C20H21N3O3S2/c1-12-22-16(11-27-12)17-7-6-13(28-17)10-21-18(24)8-9-23-19(25)14-4-2-3-5-15(14)20(23)26/h2-3,6-7,11,14-15H,4-5,8-10H2,1H3,(H,21,24)/t14-,15-/m0/s1. The van der Waals surface area contributed by atoms with Crippen molar-refractivity contribution in [2.24, 2.45) is 11.8 Å². The van der Waals surface area contributed by atoms with Crippen LogP contribution in [-0.4, -0.2) is 34.2 Å². The highest BCUT2D eigenvalue weighted by Gasteiger charge is 2.46. The molecule has 1 fully saturated rings. The quantitative estimate of drug-likeness (QED) is 0.581. The molecule has 0 bridgehead atoms. The minimum atomic E-state index is -0.237. The van der Waals surface area contributed by atoms with E-state index >= 15 is 0 Å². The number of rotatable bonds is 6. The summed E-state index contributed by atoms with van der Waals surface area (Å²) >= 11 is 3.22. The minimum Gasteiger partial charge on any atom is -0.351 e. The number of thiazole rings is 1. The van der Waals surface area contributed by atoms with E-state index < -0.39 is 0 Å². The number of hydrogen-bond donors (Lipinski definition) is 1. The van der Waals surface area contributed by atoms with Crippen LogP contribution in [-0.2, 0) is 20.9 Å². The first kappa shape index (κ1) is 19.0. The maximum atomic E-state index is 12.4. The number of aryl methyl sites for hydroxylation is 1. The van der Waals surface area contributed by atoms with Gasteiger partial charge in [0.2, 0.25) is 17.7 Å². The Balaban J connectivity index is 1.27. The summed E-state index contributed by atoms with van der Waals surface area (Å²) in [5.41, 5.74) is 0.965. The minimum absolute atomic E-state index is 0.131. The van der Waals surface area contributed by atoms with E-state index in [0.29, 0.717) is 19.4 Å². The number of aromatic nitrogens is 1. The Morgan fingerprint density at radius 3 is 2.57 bits per heavy atom. The molecular weight excluding hydrogens is 394 g/mol. The van der Waals surface area contributed by atoms with Crippen molar-refractivity contribution in [1.82, 2.24) is 15.2 Å². The van der Waals surface area contributed by atoms with E-state index in [1.807, 2.05) is 36.6 Å². The highest BCUT2D eigenvalue weighted by molar-refractivity contribution is 7.16. The molecule has 1 saturated heterocycles. The summed E-state index contributed by atoms with van der Waals surface area (Å²) in [7, 11) is 0. The lowest BCUT2D eigenvalue weighted by atomic mass is 9.85. The van der Waals surface area contributed by atoms with Gasteiger partial charge >= 0.3 is 0 Å². The average molecular weight is 416 g/mol. The van der Waals surface area contributed by atoms with E-state index in [1.54, 1.807) is 22.7 Å². The maximum absolute atomic E-state index is 12.4.